The van der Waals surface area contributed by atoms with Crippen molar-refractivity contribution in [3.05, 3.63) is 0 Å². The highest BCUT2D eigenvalue weighted by Gasteiger charge is 2.24. The predicted octanol–water partition coefficient (Wildman–Crippen LogP) is 4.90. The number of carbonyl (C=O) groups excluding carboxylic acids is 1. The van der Waals surface area contributed by atoms with Gasteiger partial charge >= 0.3 is 6.09 Å². The van der Waals surface area contributed by atoms with E-state index in [1.165, 1.54) is 25.7 Å². The summed E-state index contributed by atoms with van der Waals surface area (Å²) in [6.07, 6.45) is 8.31. The summed E-state index contributed by atoms with van der Waals surface area (Å²) < 4.78 is 5.37. The van der Waals surface area contributed by atoms with Gasteiger partial charge in [-0.1, -0.05) is 46.0 Å². The van der Waals surface area contributed by atoms with Gasteiger partial charge < -0.3 is 10.1 Å². The Morgan fingerprint density at radius 1 is 1.25 bits per heavy atom. The van der Waals surface area contributed by atoms with E-state index in [1.807, 2.05) is 20.8 Å². The van der Waals surface area contributed by atoms with Crippen LogP contribution in [0.4, 0.5) is 4.79 Å². The molecule has 0 heterocycles. The van der Waals surface area contributed by atoms with E-state index in [1.54, 1.807) is 0 Å². The third-order valence-electron chi connectivity index (χ3n) is 4.11. The molecule has 1 aliphatic rings. The van der Waals surface area contributed by atoms with Gasteiger partial charge in [0.1, 0.15) is 5.60 Å². The van der Waals surface area contributed by atoms with Crippen LogP contribution >= 0.6 is 0 Å². The van der Waals surface area contributed by atoms with E-state index in [0.29, 0.717) is 0 Å². The number of ether oxygens (including phenoxy) is 1. The summed E-state index contributed by atoms with van der Waals surface area (Å²) in [4.78, 5) is 11.9. The van der Waals surface area contributed by atoms with E-state index in [2.05, 4.69) is 19.2 Å². The van der Waals surface area contributed by atoms with Crippen molar-refractivity contribution in [3.8, 4) is 0 Å². The molecule has 0 aromatic heterocycles. The standard InChI is InChI=1S/C17H33NO2/c1-6-7-15(18-16(19)20-17(3,4)5)12-14-10-8-13(2)9-11-14/h13-15H,6-12H2,1-5H3,(H,18,19)/t13?,14?,15-/m1/s1. The summed E-state index contributed by atoms with van der Waals surface area (Å²) in [6.45, 7) is 10.2. The Morgan fingerprint density at radius 3 is 2.35 bits per heavy atom. The Hall–Kier alpha value is -0.730. The van der Waals surface area contributed by atoms with Crippen LogP contribution in [0.3, 0.4) is 0 Å². The summed E-state index contributed by atoms with van der Waals surface area (Å²) in [5.41, 5.74) is -0.416. The van der Waals surface area contributed by atoms with Crippen LogP contribution in [0.2, 0.25) is 0 Å². The SMILES string of the molecule is CCC[C@H](CC1CCC(C)CC1)NC(=O)OC(C)(C)C. The molecule has 0 spiro atoms. The summed E-state index contributed by atoms with van der Waals surface area (Å²) in [7, 11) is 0. The van der Waals surface area contributed by atoms with Gasteiger partial charge in [0.25, 0.3) is 0 Å². The molecule has 1 amide bonds. The molecule has 0 aromatic rings. The molecule has 1 fully saturated rings. The van der Waals surface area contributed by atoms with Crippen LogP contribution in [0.5, 0.6) is 0 Å². The largest absolute Gasteiger partial charge is 0.444 e. The molecule has 118 valence electrons. The first-order chi connectivity index (χ1) is 9.30. The summed E-state index contributed by atoms with van der Waals surface area (Å²) >= 11 is 0. The minimum atomic E-state index is -0.416. The van der Waals surface area contributed by atoms with Gasteiger partial charge in [0.15, 0.2) is 0 Å². The first-order valence-corrected chi connectivity index (χ1v) is 8.29. The molecule has 1 rings (SSSR count). The molecule has 0 aromatic carbocycles. The fourth-order valence-corrected chi connectivity index (χ4v) is 3.04. The lowest BCUT2D eigenvalue weighted by Gasteiger charge is -2.30. The lowest BCUT2D eigenvalue weighted by Crippen LogP contribution is -2.40. The summed E-state index contributed by atoms with van der Waals surface area (Å²) in [5, 5.41) is 3.07. The van der Waals surface area contributed by atoms with E-state index in [-0.39, 0.29) is 12.1 Å². The monoisotopic (exact) mass is 283 g/mol. The van der Waals surface area contributed by atoms with Gasteiger partial charge in [-0.2, -0.15) is 0 Å². The molecule has 0 unspecified atom stereocenters. The van der Waals surface area contributed by atoms with Crippen molar-refractivity contribution in [2.75, 3.05) is 0 Å². The maximum atomic E-state index is 11.9. The Bertz CT molecular complexity index is 288. The quantitative estimate of drug-likeness (QED) is 0.779. The summed E-state index contributed by atoms with van der Waals surface area (Å²) in [5.74, 6) is 1.66. The molecule has 0 saturated heterocycles. The van der Waals surface area contributed by atoms with Crippen molar-refractivity contribution in [1.82, 2.24) is 5.32 Å². The smallest absolute Gasteiger partial charge is 0.407 e. The second kappa shape index (κ2) is 7.90. The molecule has 0 bridgehead atoms. The van der Waals surface area contributed by atoms with Crippen molar-refractivity contribution in [2.24, 2.45) is 11.8 Å². The normalized spacial score (nSPS) is 25.1. The molecule has 0 radical (unpaired) electrons. The van der Waals surface area contributed by atoms with Crippen molar-refractivity contribution in [1.29, 1.82) is 0 Å². The van der Waals surface area contributed by atoms with Crippen LogP contribution < -0.4 is 5.32 Å². The molecule has 3 heteroatoms. The summed E-state index contributed by atoms with van der Waals surface area (Å²) in [6, 6.07) is 0.272. The molecular weight excluding hydrogens is 250 g/mol. The molecule has 0 aliphatic heterocycles. The predicted molar refractivity (Wildman–Crippen MR) is 83.8 cm³/mol. The van der Waals surface area contributed by atoms with E-state index in [0.717, 1.165) is 31.1 Å². The number of hydrogen-bond acceptors (Lipinski definition) is 2. The molecule has 1 aliphatic carbocycles. The van der Waals surface area contributed by atoms with Crippen molar-refractivity contribution in [2.45, 2.75) is 91.2 Å². The number of hydrogen-bond donors (Lipinski definition) is 1. The van der Waals surface area contributed by atoms with Crippen molar-refractivity contribution >= 4 is 6.09 Å². The molecule has 1 saturated carbocycles. The number of rotatable bonds is 5. The first kappa shape index (κ1) is 17.3. The Morgan fingerprint density at radius 2 is 1.85 bits per heavy atom. The molecule has 1 N–H and O–H groups in total. The van der Waals surface area contributed by atoms with Crippen LogP contribution in [0.25, 0.3) is 0 Å². The van der Waals surface area contributed by atoms with Crippen LogP contribution in [-0.4, -0.2) is 17.7 Å². The molecule has 20 heavy (non-hydrogen) atoms. The number of nitrogens with one attached hydrogen (secondary N) is 1. The van der Waals surface area contributed by atoms with Crippen LogP contribution in [-0.2, 0) is 4.74 Å². The van der Waals surface area contributed by atoms with Gasteiger partial charge in [-0.3, -0.25) is 0 Å². The maximum Gasteiger partial charge on any atom is 0.407 e. The minimum Gasteiger partial charge on any atom is -0.444 e. The molecular formula is C17H33NO2. The van der Waals surface area contributed by atoms with Gasteiger partial charge in [0.05, 0.1) is 0 Å². The Kier molecular flexibility index (Phi) is 6.84. The number of alkyl carbamates (subject to hydrolysis) is 1. The number of amides is 1. The number of carbonyl (C=O) groups is 1. The average Bonchev–Trinajstić information content (AvgIpc) is 2.30. The van der Waals surface area contributed by atoms with E-state index < -0.39 is 5.60 Å². The molecule has 1 atom stereocenters. The average molecular weight is 283 g/mol. The van der Waals surface area contributed by atoms with Crippen molar-refractivity contribution < 1.29 is 9.53 Å². The zero-order valence-electron chi connectivity index (χ0n) is 14.0. The van der Waals surface area contributed by atoms with Gasteiger partial charge in [-0.05, 0) is 45.4 Å². The lowest BCUT2D eigenvalue weighted by molar-refractivity contribution is 0.0491. The fourth-order valence-electron chi connectivity index (χ4n) is 3.04. The Labute approximate surface area is 124 Å². The third-order valence-corrected chi connectivity index (χ3v) is 4.11. The first-order valence-electron chi connectivity index (χ1n) is 8.29. The van der Waals surface area contributed by atoms with Crippen LogP contribution in [0, 0.1) is 11.8 Å². The van der Waals surface area contributed by atoms with E-state index in [9.17, 15) is 4.79 Å². The van der Waals surface area contributed by atoms with Crippen LogP contribution in [0.15, 0.2) is 0 Å². The zero-order chi connectivity index (χ0) is 15.2. The van der Waals surface area contributed by atoms with Gasteiger partial charge in [-0.25, -0.2) is 4.79 Å². The van der Waals surface area contributed by atoms with Crippen molar-refractivity contribution in [3.63, 3.8) is 0 Å². The lowest BCUT2D eigenvalue weighted by atomic mass is 9.79. The molecule has 3 nitrogen and oxygen atoms in total. The highest BCUT2D eigenvalue weighted by atomic mass is 16.6. The van der Waals surface area contributed by atoms with E-state index >= 15 is 0 Å². The highest BCUT2D eigenvalue weighted by Crippen LogP contribution is 2.31. The zero-order valence-corrected chi connectivity index (χ0v) is 14.0. The highest BCUT2D eigenvalue weighted by molar-refractivity contribution is 5.68. The third kappa shape index (κ3) is 7.16. The fraction of sp³-hybridized carbons (Fsp3) is 0.941. The maximum absolute atomic E-state index is 11.9. The van der Waals surface area contributed by atoms with Gasteiger partial charge in [0, 0.05) is 6.04 Å². The second-order valence-corrected chi connectivity index (χ2v) is 7.49. The van der Waals surface area contributed by atoms with Gasteiger partial charge in [0.2, 0.25) is 0 Å². The Balaban J connectivity index is 2.41. The topological polar surface area (TPSA) is 38.3 Å². The second-order valence-electron chi connectivity index (χ2n) is 7.49. The minimum absolute atomic E-state index is 0.264. The van der Waals surface area contributed by atoms with E-state index in [4.69, 9.17) is 4.74 Å². The van der Waals surface area contributed by atoms with Crippen LogP contribution in [0.1, 0.15) is 79.6 Å². The van der Waals surface area contributed by atoms with Gasteiger partial charge in [-0.15, -0.1) is 0 Å².